The standard InChI is InChI=1S/C18H24N4/c1-11-4-3-5-14(11)16-9-13(8-12(2)21-16)18-20-10-17-15(22-18)6-7-19-17/h6-7,10,12-13,16,19,21H,3-5,8-9H2,1-2H3. The minimum atomic E-state index is 0.460. The fourth-order valence-electron chi connectivity index (χ4n) is 4.18. The second-order valence-electron chi connectivity index (χ2n) is 6.95. The summed E-state index contributed by atoms with van der Waals surface area (Å²) in [6.07, 6.45) is 9.98. The Morgan fingerprint density at radius 1 is 1.23 bits per heavy atom. The summed E-state index contributed by atoms with van der Waals surface area (Å²) in [4.78, 5) is 12.6. The summed E-state index contributed by atoms with van der Waals surface area (Å²) in [6, 6.07) is 3.07. The molecule has 3 unspecified atom stereocenters. The quantitative estimate of drug-likeness (QED) is 0.831. The smallest absolute Gasteiger partial charge is 0.132 e. The first-order valence-electron chi connectivity index (χ1n) is 8.45. The molecule has 1 saturated heterocycles. The predicted molar refractivity (Wildman–Crippen MR) is 88.8 cm³/mol. The van der Waals surface area contributed by atoms with Crippen LogP contribution in [-0.2, 0) is 0 Å². The third kappa shape index (κ3) is 2.45. The van der Waals surface area contributed by atoms with Gasteiger partial charge in [0.1, 0.15) is 5.82 Å². The molecule has 0 amide bonds. The van der Waals surface area contributed by atoms with Crippen molar-refractivity contribution in [2.45, 2.75) is 64.0 Å². The van der Waals surface area contributed by atoms with E-state index < -0.39 is 0 Å². The number of hydrogen-bond acceptors (Lipinski definition) is 3. The molecule has 3 heterocycles. The third-order valence-electron chi connectivity index (χ3n) is 5.29. The maximum Gasteiger partial charge on any atom is 0.132 e. The first-order chi connectivity index (χ1) is 10.7. The zero-order valence-corrected chi connectivity index (χ0v) is 13.4. The molecular weight excluding hydrogens is 272 g/mol. The number of aromatic amines is 1. The van der Waals surface area contributed by atoms with E-state index in [1.165, 1.54) is 19.3 Å². The molecule has 2 aromatic rings. The highest BCUT2D eigenvalue weighted by atomic mass is 15.0. The average Bonchev–Trinajstić information content (AvgIpc) is 3.14. The van der Waals surface area contributed by atoms with Gasteiger partial charge in [-0.15, -0.1) is 0 Å². The lowest BCUT2D eigenvalue weighted by Crippen LogP contribution is -2.44. The van der Waals surface area contributed by atoms with E-state index >= 15 is 0 Å². The molecule has 4 heteroatoms. The molecule has 1 aliphatic carbocycles. The molecule has 22 heavy (non-hydrogen) atoms. The zero-order chi connectivity index (χ0) is 15.1. The Morgan fingerprint density at radius 2 is 2.14 bits per heavy atom. The van der Waals surface area contributed by atoms with Crippen LogP contribution in [0.25, 0.3) is 11.0 Å². The van der Waals surface area contributed by atoms with E-state index in [2.05, 4.69) is 29.1 Å². The van der Waals surface area contributed by atoms with Crippen molar-refractivity contribution < 1.29 is 0 Å². The molecule has 0 radical (unpaired) electrons. The first kappa shape index (κ1) is 13.9. The average molecular weight is 296 g/mol. The second-order valence-corrected chi connectivity index (χ2v) is 6.95. The summed E-state index contributed by atoms with van der Waals surface area (Å²) in [5, 5.41) is 3.80. The number of nitrogens with zero attached hydrogens (tertiary/aromatic N) is 2. The summed E-state index contributed by atoms with van der Waals surface area (Å²) >= 11 is 0. The number of piperidine rings is 1. The van der Waals surface area contributed by atoms with Gasteiger partial charge in [-0.3, -0.25) is 0 Å². The zero-order valence-electron chi connectivity index (χ0n) is 13.4. The molecule has 1 fully saturated rings. The van der Waals surface area contributed by atoms with Crippen molar-refractivity contribution >= 4 is 11.0 Å². The molecule has 0 bridgehead atoms. The minimum Gasteiger partial charge on any atom is -0.359 e. The molecule has 116 valence electrons. The molecule has 2 aliphatic rings. The van der Waals surface area contributed by atoms with Crippen molar-refractivity contribution in [1.82, 2.24) is 20.3 Å². The molecular formula is C18H24N4. The van der Waals surface area contributed by atoms with Crippen molar-refractivity contribution in [3.05, 3.63) is 35.4 Å². The molecule has 0 aromatic carbocycles. The van der Waals surface area contributed by atoms with E-state index in [9.17, 15) is 0 Å². The van der Waals surface area contributed by atoms with Crippen molar-refractivity contribution in [2.24, 2.45) is 0 Å². The fraction of sp³-hybridized carbons (Fsp3) is 0.556. The van der Waals surface area contributed by atoms with Crippen LogP contribution in [0, 0.1) is 0 Å². The van der Waals surface area contributed by atoms with Crippen molar-refractivity contribution in [1.29, 1.82) is 0 Å². The number of rotatable bonds is 2. The van der Waals surface area contributed by atoms with E-state index in [4.69, 9.17) is 4.98 Å². The van der Waals surface area contributed by atoms with Gasteiger partial charge >= 0.3 is 0 Å². The molecule has 2 N–H and O–H groups in total. The van der Waals surface area contributed by atoms with Gasteiger partial charge in [0.25, 0.3) is 0 Å². The van der Waals surface area contributed by atoms with Gasteiger partial charge in [0.05, 0.1) is 17.2 Å². The Morgan fingerprint density at radius 3 is 2.95 bits per heavy atom. The Labute approximate surface area is 131 Å². The van der Waals surface area contributed by atoms with Crippen LogP contribution in [0.4, 0.5) is 0 Å². The molecule has 0 saturated carbocycles. The molecule has 2 aromatic heterocycles. The van der Waals surface area contributed by atoms with Crippen molar-refractivity contribution in [2.75, 3.05) is 0 Å². The van der Waals surface area contributed by atoms with E-state index in [0.29, 0.717) is 18.0 Å². The highest BCUT2D eigenvalue weighted by Crippen LogP contribution is 2.36. The monoisotopic (exact) mass is 296 g/mol. The normalized spacial score (nSPS) is 29.5. The van der Waals surface area contributed by atoms with E-state index in [-0.39, 0.29) is 0 Å². The van der Waals surface area contributed by atoms with Crippen LogP contribution >= 0.6 is 0 Å². The summed E-state index contributed by atoms with van der Waals surface area (Å²) in [5.41, 5.74) is 5.31. The Bertz CT molecular complexity index is 715. The number of allylic oxidation sites excluding steroid dienone is 1. The first-order valence-corrected chi connectivity index (χ1v) is 8.45. The maximum absolute atomic E-state index is 4.79. The number of aromatic nitrogens is 3. The summed E-state index contributed by atoms with van der Waals surface area (Å²) in [7, 11) is 0. The molecule has 1 aliphatic heterocycles. The number of fused-ring (bicyclic) bond motifs is 1. The van der Waals surface area contributed by atoms with Gasteiger partial charge in [0.15, 0.2) is 0 Å². The molecule has 3 atom stereocenters. The Hall–Kier alpha value is -1.68. The number of H-pyrrole nitrogens is 1. The molecule has 4 nitrogen and oxygen atoms in total. The van der Waals surface area contributed by atoms with Gasteiger partial charge in [-0.1, -0.05) is 11.1 Å². The lowest BCUT2D eigenvalue weighted by Gasteiger charge is -2.35. The summed E-state index contributed by atoms with van der Waals surface area (Å²) in [5.74, 6) is 1.48. The van der Waals surface area contributed by atoms with Crippen LogP contribution in [0.15, 0.2) is 29.6 Å². The van der Waals surface area contributed by atoms with Crippen LogP contribution in [0.5, 0.6) is 0 Å². The highest BCUT2D eigenvalue weighted by molar-refractivity contribution is 5.73. The van der Waals surface area contributed by atoms with Crippen LogP contribution in [0.2, 0.25) is 0 Å². The van der Waals surface area contributed by atoms with Crippen LogP contribution in [-0.4, -0.2) is 27.0 Å². The SMILES string of the molecule is CC1=C(C2CC(c3ncc4[nH]ccc4n3)CC(C)N2)CCC1. The largest absolute Gasteiger partial charge is 0.359 e. The minimum absolute atomic E-state index is 0.460. The van der Waals surface area contributed by atoms with E-state index in [0.717, 1.165) is 29.7 Å². The topological polar surface area (TPSA) is 53.6 Å². The van der Waals surface area contributed by atoms with Crippen molar-refractivity contribution in [3.63, 3.8) is 0 Å². The summed E-state index contributed by atoms with van der Waals surface area (Å²) in [6.45, 7) is 4.60. The van der Waals surface area contributed by atoms with E-state index in [1.54, 1.807) is 11.1 Å². The van der Waals surface area contributed by atoms with Gasteiger partial charge < -0.3 is 10.3 Å². The number of nitrogens with one attached hydrogen (secondary N) is 2. The van der Waals surface area contributed by atoms with Crippen molar-refractivity contribution in [3.8, 4) is 0 Å². The lowest BCUT2D eigenvalue weighted by atomic mass is 9.84. The third-order valence-corrected chi connectivity index (χ3v) is 5.29. The van der Waals surface area contributed by atoms with Crippen LogP contribution < -0.4 is 5.32 Å². The molecule has 0 spiro atoms. The fourth-order valence-corrected chi connectivity index (χ4v) is 4.18. The lowest BCUT2D eigenvalue weighted by molar-refractivity contribution is 0.317. The maximum atomic E-state index is 4.79. The van der Waals surface area contributed by atoms with Gasteiger partial charge in [-0.25, -0.2) is 9.97 Å². The molecule has 4 rings (SSSR count). The second kappa shape index (κ2) is 5.51. The van der Waals surface area contributed by atoms with Gasteiger partial charge in [-0.2, -0.15) is 0 Å². The van der Waals surface area contributed by atoms with Gasteiger partial charge in [0.2, 0.25) is 0 Å². The van der Waals surface area contributed by atoms with E-state index in [1.807, 2.05) is 18.5 Å². The Balaban J connectivity index is 1.62. The van der Waals surface area contributed by atoms with Crippen LogP contribution in [0.1, 0.15) is 57.7 Å². The van der Waals surface area contributed by atoms with Crippen LogP contribution in [0.3, 0.4) is 0 Å². The van der Waals surface area contributed by atoms with Gasteiger partial charge in [-0.05, 0) is 52.0 Å². The van der Waals surface area contributed by atoms with Gasteiger partial charge in [0, 0.05) is 24.2 Å². The summed E-state index contributed by atoms with van der Waals surface area (Å²) < 4.78 is 0. The number of hydrogen-bond donors (Lipinski definition) is 2. The highest BCUT2D eigenvalue weighted by Gasteiger charge is 2.32. The predicted octanol–water partition coefficient (Wildman–Crippen LogP) is 3.68. The Kier molecular flexibility index (Phi) is 3.49.